The fraction of sp³-hybridized carbons (Fsp3) is 0.593. The van der Waals surface area contributed by atoms with E-state index in [-0.39, 0.29) is 42.2 Å². The quantitative estimate of drug-likeness (QED) is 0.252. The van der Waals surface area contributed by atoms with Crippen LogP contribution in [0.15, 0.2) is 23.8 Å². The van der Waals surface area contributed by atoms with Crippen molar-refractivity contribution in [1.82, 2.24) is 10.2 Å². The highest BCUT2D eigenvalue weighted by molar-refractivity contribution is 5.96. The highest BCUT2D eigenvalue weighted by atomic mass is 19.4. The number of aliphatic hydroxyl groups excluding tert-OH is 2. The molecule has 1 aromatic rings. The van der Waals surface area contributed by atoms with Crippen LogP contribution in [0.2, 0.25) is 0 Å². The van der Waals surface area contributed by atoms with E-state index in [2.05, 4.69) is 5.32 Å². The van der Waals surface area contributed by atoms with Crippen molar-refractivity contribution in [3.8, 4) is 11.5 Å². The first-order valence-corrected chi connectivity index (χ1v) is 13.0. The summed E-state index contributed by atoms with van der Waals surface area (Å²) in [5.74, 6) is -2.17. The van der Waals surface area contributed by atoms with Crippen LogP contribution in [0.3, 0.4) is 0 Å². The number of alkyl halides is 3. The van der Waals surface area contributed by atoms with Crippen molar-refractivity contribution in [3.63, 3.8) is 0 Å². The number of unbranched alkanes of at least 4 members (excludes halogenated alkanes) is 4. The Kier molecular flexibility index (Phi) is 10.4. The van der Waals surface area contributed by atoms with Crippen molar-refractivity contribution in [2.45, 2.75) is 75.8 Å². The van der Waals surface area contributed by atoms with Crippen molar-refractivity contribution in [1.29, 1.82) is 0 Å². The van der Waals surface area contributed by atoms with Gasteiger partial charge < -0.3 is 29.9 Å². The Morgan fingerprint density at radius 3 is 2.54 bits per heavy atom. The Bertz CT molecular complexity index is 1080. The highest BCUT2D eigenvalue weighted by Crippen LogP contribution is 2.51. The van der Waals surface area contributed by atoms with Crippen LogP contribution in [-0.4, -0.2) is 84.4 Å². The number of hydrogen-bond acceptors (Lipinski definition) is 7. The summed E-state index contributed by atoms with van der Waals surface area (Å²) in [6.07, 6.45) is -2.20. The van der Waals surface area contributed by atoms with Gasteiger partial charge in [-0.15, -0.1) is 0 Å². The molecular formula is C27H35F3N2O7. The zero-order chi connectivity index (χ0) is 28.7. The van der Waals surface area contributed by atoms with E-state index in [1.165, 1.54) is 19.2 Å². The molecule has 0 bridgehead atoms. The average Bonchev–Trinajstić information content (AvgIpc) is 3.29. The van der Waals surface area contributed by atoms with E-state index in [0.29, 0.717) is 29.6 Å². The molecule has 4 atom stereocenters. The van der Waals surface area contributed by atoms with Gasteiger partial charge in [-0.25, -0.2) is 0 Å². The number of nitrogens with zero attached hydrogens (tertiary/aromatic N) is 1. The van der Waals surface area contributed by atoms with Gasteiger partial charge in [0.05, 0.1) is 25.7 Å². The summed E-state index contributed by atoms with van der Waals surface area (Å²) in [4.78, 5) is 38.3. The van der Waals surface area contributed by atoms with Crippen molar-refractivity contribution in [3.05, 3.63) is 34.9 Å². The lowest BCUT2D eigenvalue weighted by atomic mass is 9.77. The number of ether oxygens (including phenoxy) is 2. The van der Waals surface area contributed by atoms with E-state index in [1.54, 1.807) is 0 Å². The molecule has 3 rings (SSSR count). The van der Waals surface area contributed by atoms with Gasteiger partial charge >= 0.3 is 6.18 Å². The molecule has 1 aromatic carbocycles. The second-order valence-corrected chi connectivity index (χ2v) is 9.70. The number of halogens is 3. The SMILES string of the molecule is CCCCCCCC(=O)N(CC(F)(F)F)[C@@H]1C=C(C(=O)NCCO)[C@@H]2c3cc(C=O)cc(OC)c3O[C@@H]2[C@H]1O. The molecule has 2 amide bonds. The summed E-state index contributed by atoms with van der Waals surface area (Å²) in [5, 5.41) is 23.0. The maximum absolute atomic E-state index is 13.6. The molecule has 2 aliphatic rings. The van der Waals surface area contributed by atoms with Gasteiger partial charge in [0.15, 0.2) is 11.5 Å². The first kappa shape index (κ1) is 30.4. The fourth-order valence-corrected chi connectivity index (χ4v) is 5.13. The molecule has 1 aliphatic heterocycles. The van der Waals surface area contributed by atoms with Crippen LogP contribution in [0, 0.1) is 0 Å². The number of nitrogens with one attached hydrogen (secondary N) is 1. The van der Waals surface area contributed by atoms with Crippen LogP contribution in [0.25, 0.3) is 0 Å². The lowest BCUT2D eigenvalue weighted by molar-refractivity contribution is -0.170. The molecule has 0 radical (unpaired) electrons. The standard InChI is InChI=1S/C27H35F3N2O7/c1-3-4-5-6-7-8-21(35)32(15-27(28,29)30)19-13-18(26(37)31-9-10-33)22-17-11-16(14-34)12-20(38-2)24(17)39-25(22)23(19)36/h11-14,19,22-23,25,33,36H,3-10,15H2,1-2H3,(H,31,37)/t19-,22+,23+,25+/m1/s1. The lowest BCUT2D eigenvalue weighted by Gasteiger charge is -2.41. The van der Waals surface area contributed by atoms with Crippen LogP contribution in [-0.2, 0) is 9.59 Å². The first-order valence-electron chi connectivity index (χ1n) is 13.0. The molecule has 3 N–H and O–H groups in total. The summed E-state index contributed by atoms with van der Waals surface area (Å²) in [6, 6.07) is 1.35. The number of rotatable bonds is 13. The number of carbonyl (C=O) groups excluding carboxylic acids is 3. The van der Waals surface area contributed by atoms with Gasteiger partial charge in [-0.1, -0.05) is 32.6 Å². The van der Waals surface area contributed by atoms with E-state index in [9.17, 15) is 37.8 Å². The predicted octanol–water partition coefficient (Wildman–Crippen LogP) is 2.88. The minimum absolute atomic E-state index is 0.0458. The van der Waals surface area contributed by atoms with Gasteiger partial charge in [0.25, 0.3) is 0 Å². The number of hydrogen-bond donors (Lipinski definition) is 3. The Hall–Kier alpha value is -3.12. The highest BCUT2D eigenvalue weighted by Gasteiger charge is 2.52. The Morgan fingerprint density at radius 1 is 1.21 bits per heavy atom. The number of benzene rings is 1. The fourth-order valence-electron chi connectivity index (χ4n) is 5.13. The van der Waals surface area contributed by atoms with Crippen LogP contribution >= 0.6 is 0 Å². The average molecular weight is 557 g/mol. The lowest BCUT2D eigenvalue weighted by Crippen LogP contribution is -2.57. The molecule has 12 heteroatoms. The minimum Gasteiger partial charge on any atom is -0.493 e. The molecule has 0 saturated heterocycles. The van der Waals surface area contributed by atoms with Gasteiger partial charge in [-0.3, -0.25) is 14.4 Å². The van der Waals surface area contributed by atoms with Crippen LogP contribution in [0.5, 0.6) is 11.5 Å². The van der Waals surface area contributed by atoms with E-state index >= 15 is 0 Å². The third-order valence-electron chi connectivity index (χ3n) is 6.93. The normalized spacial score (nSPS) is 21.8. The molecule has 0 saturated carbocycles. The van der Waals surface area contributed by atoms with Crippen molar-refractivity contribution in [2.24, 2.45) is 0 Å². The van der Waals surface area contributed by atoms with Gasteiger partial charge in [0, 0.05) is 29.7 Å². The number of amides is 2. The van der Waals surface area contributed by atoms with E-state index in [0.717, 1.165) is 25.3 Å². The molecule has 1 heterocycles. The zero-order valence-corrected chi connectivity index (χ0v) is 22.0. The minimum atomic E-state index is -4.76. The molecule has 39 heavy (non-hydrogen) atoms. The zero-order valence-electron chi connectivity index (χ0n) is 22.0. The predicted molar refractivity (Wildman–Crippen MR) is 135 cm³/mol. The maximum atomic E-state index is 13.6. The van der Waals surface area contributed by atoms with Crippen molar-refractivity contribution >= 4 is 18.1 Å². The molecule has 1 aliphatic carbocycles. The summed E-state index contributed by atoms with van der Waals surface area (Å²) in [5.41, 5.74) is 0.503. The summed E-state index contributed by atoms with van der Waals surface area (Å²) in [7, 11) is 1.34. The topological polar surface area (TPSA) is 125 Å². The maximum Gasteiger partial charge on any atom is 0.406 e. The number of fused-ring (bicyclic) bond motifs is 3. The summed E-state index contributed by atoms with van der Waals surface area (Å²) in [6.45, 7) is -0.109. The summed E-state index contributed by atoms with van der Waals surface area (Å²) >= 11 is 0. The third-order valence-corrected chi connectivity index (χ3v) is 6.93. The number of carbonyl (C=O) groups is 3. The molecule has 216 valence electrons. The van der Waals surface area contributed by atoms with Crippen LogP contribution in [0.1, 0.15) is 67.3 Å². The summed E-state index contributed by atoms with van der Waals surface area (Å²) < 4.78 is 52.2. The van der Waals surface area contributed by atoms with Crippen molar-refractivity contribution < 1.29 is 47.2 Å². The molecule has 0 aromatic heterocycles. The van der Waals surface area contributed by atoms with Gasteiger partial charge in [0.2, 0.25) is 11.8 Å². The first-order chi connectivity index (χ1) is 18.6. The Morgan fingerprint density at radius 2 is 1.92 bits per heavy atom. The van der Waals surface area contributed by atoms with E-state index in [4.69, 9.17) is 9.47 Å². The van der Waals surface area contributed by atoms with Crippen molar-refractivity contribution in [2.75, 3.05) is 26.8 Å². The molecule has 0 fully saturated rings. The van der Waals surface area contributed by atoms with Crippen LogP contribution in [0.4, 0.5) is 13.2 Å². The molecule has 0 unspecified atom stereocenters. The van der Waals surface area contributed by atoms with Gasteiger partial charge in [0.1, 0.15) is 25.0 Å². The number of aliphatic hydroxyl groups is 2. The number of aldehydes is 1. The largest absolute Gasteiger partial charge is 0.493 e. The molecular weight excluding hydrogens is 521 g/mol. The van der Waals surface area contributed by atoms with Gasteiger partial charge in [-0.05, 0) is 24.6 Å². The Labute approximate surface area is 225 Å². The Balaban J connectivity index is 2.04. The third kappa shape index (κ3) is 7.10. The second-order valence-electron chi connectivity index (χ2n) is 9.70. The second kappa shape index (κ2) is 13.3. The molecule has 9 nitrogen and oxygen atoms in total. The van der Waals surface area contributed by atoms with E-state index < -0.39 is 48.7 Å². The monoisotopic (exact) mass is 556 g/mol. The van der Waals surface area contributed by atoms with E-state index in [1.807, 2.05) is 6.92 Å². The van der Waals surface area contributed by atoms with Gasteiger partial charge in [-0.2, -0.15) is 13.2 Å². The number of methoxy groups -OCH3 is 1. The smallest absolute Gasteiger partial charge is 0.406 e. The van der Waals surface area contributed by atoms with Crippen LogP contribution < -0.4 is 14.8 Å². The molecule has 0 spiro atoms.